The van der Waals surface area contributed by atoms with Crippen molar-refractivity contribution in [3.05, 3.63) is 29.8 Å². The number of benzene rings is 1. The van der Waals surface area contributed by atoms with E-state index in [1.807, 2.05) is 36.1 Å². The van der Waals surface area contributed by atoms with Crippen LogP contribution in [0.1, 0.15) is 44.2 Å². The van der Waals surface area contributed by atoms with Gasteiger partial charge < -0.3 is 16.0 Å². The molecule has 1 unspecified atom stereocenters. The van der Waals surface area contributed by atoms with Gasteiger partial charge >= 0.3 is 0 Å². The molecule has 112 valence electrons. The SMILES string of the molecule is CC(NC(=O)C1(N)CC1)c1ccc(N2CCCC2=O)cc1. The van der Waals surface area contributed by atoms with Gasteiger partial charge in [0.05, 0.1) is 11.6 Å². The van der Waals surface area contributed by atoms with Crippen molar-refractivity contribution in [2.24, 2.45) is 5.73 Å². The lowest BCUT2D eigenvalue weighted by Crippen LogP contribution is -2.43. The molecule has 0 radical (unpaired) electrons. The Morgan fingerprint density at radius 1 is 1.33 bits per heavy atom. The Balaban J connectivity index is 1.66. The average Bonchev–Trinajstić information content (AvgIpc) is 3.09. The van der Waals surface area contributed by atoms with Gasteiger partial charge in [0.1, 0.15) is 0 Å². The van der Waals surface area contributed by atoms with E-state index in [4.69, 9.17) is 5.73 Å². The van der Waals surface area contributed by atoms with Crippen LogP contribution in [0.2, 0.25) is 0 Å². The number of rotatable bonds is 4. The van der Waals surface area contributed by atoms with Crippen LogP contribution in [0.5, 0.6) is 0 Å². The molecule has 1 saturated heterocycles. The molecule has 1 heterocycles. The normalized spacial score (nSPS) is 21.2. The quantitative estimate of drug-likeness (QED) is 0.880. The number of hydrogen-bond acceptors (Lipinski definition) is 3. The van der Waals surface area contributed by atoms with Crippen LogP contribution in [-0.2, 0) is 9.59 Å². The summed E-state index contributed by atoms with van der Waals surface area (Å²) in [6.07, 6.45) is 3.08. The largest absolute Gasteiger partial charge is 0.348 e. The fourth-order valence-corrected chi connectivity index (χ4v) is 2.65. The summed E-state index contributed by atoms with van der Waals surface area (Å²) in [6.45, 7) is 2.74. The van der Waals surface area contributed by atoms with E-state index in [1.165, 1.54) is 0 Å². The molecule has 2 fully saturated rings. The van der Waals surface area contributed by atoms with Gasteiger partial charge in [-0.15, -0.1) is 0 Å². The van der Waals surface area contributed by atoms with E-state index in [-0.39, 0.29) is 17.9 Å². The van der Waals surface area contributed by atoms with Crippen LogP contribution >= 0.6 is 0 Å². The lowest BCUT2D eigenvalue weighted by atomic mass is 10.1. The summed E-state index contributed by atoms with van der Waals surface area (Å²) in [5, 5.41) is 2.95. The van der Waals surface area contributed by atoms with E-state index in [0.29, 0.717) is 6.42 Å². The molecule has 0 spiro atoms. The van der Waals surface area contributed by atoms with Crippen molar-refractivity contribution in [3.8, 4) is 0 Å². The molecule has 1 aromatic rings. The highest BCUT2D eigenvalue weighted by atomic mass is 16.2. The third-order valence-corrected chi connectivity index (χ3v) is 4.37. The number of carbonyl (C=O) groups excluding carboxylic acids is 2. The van der Waals surface area contributed by atoms with Crippen molar-refractivity contribution in [2.45, 2.75) is 44.2 Å². The van der Waals surface area contributed by atoms with Crippen LogP contribution in [0.4, 0.5) is 5.69 Å². The van der Waals surface area contributed by atoms with Crippen LogP contribution < -0.4 is 16.0 Å². The highest BCUT2D eigenvalue weighted by Crippen LogP contribution is 2.33. The summed E-state index contributed by atoms with van der Waals surface area (Å²) in [5.74, 6) is 0.108. The molecule has 2 amide bonds. The maximum Gasteiger partial charge on any atom is 0.240 e. The van der Waals surface area contributed by atoms with Crippen molar-refractivity contribution in [2.75, 3.05) is 11.4 Å². The number of amides is 2. The first kappa shape index (κ1) is 14.1. The lowest BCUT2D eigenvalue weighted by Gasteiger charge is -2.19. The lowest BCUT2D eigenvalue weighted by molar-refractivity contribution is -0.124. The van der Waals surface area contributed by atoms with E-state index in [2.05, 4.69) is 5.32 Å². The molecule has 0 bridgehead atoms. The minimum atomic E-state index is -0.643. The first-order valence-corrected chi connectivity index (χ1v) is 7.50. The van der Waals surface area contributed by atoms with Gasteiger partial charge in [-0.25, -0.2) is 0 Å². The molecule has 5 heteroatoms. The Labute approximate surface area is 124 Å². The van der Waals surface area contributed by atoms with Gasteiger partial charge in [0.2, 0.25) is 11.8 Å². The smallest absolute Gasteiger partial charge is 0.240 e. The predicted molar refractivity (Wildman–Crippen MR) is 80.7 cm³/mol. The third kappa shape index (κ3) is 2.78. The summed E-state index contributed by atoms with van der Waals surface area (Å²) in [5.41, 5.74) is 7.18. The fraction of sp³-hybridized carbons (Fsp3) is 0.500. The standard InChI is InChI=1S/C16H21N3O2/c1-11(18-15(21)16(17)8-9-16)12-4-6-13(7-5-12)19-10-2-3-14(19)20/h4-7,11H,2-3,8-10,17H2,1H3,(H,18,21). The summed E-state index contributed by atoms with van der Waals surface area (Å²) in [6, 6.07) is 7.72. The second kappa shape index (κ2) is 5.15. The van der Waals surface area contributed by atoms with E-state index in [9.17, 15) is 9.59 Å². The number of anilines is 1. The van der Waals surface area contributed by atoms with Crippen LogP contribution in [0, 0.1) is 0 Å². The van der Waals surface area contributed by atoms with Gasteiger partial charge in [-0.05, 0) is 43.9 Å². The Hall–Kier alpha value is -1.88. The molecule has 5 nitrogen and oxygen atoms in total. The zero-order valence-electron chi connectivity index (χ0n) is 12.3. The van der Waals surface area contributed by atoms with Gasteiger partial charge in [0, 0.05) is 18.7 Å². The summed E-state index contributed by atoms with van der Waals surface area (Å²) >= 11 is 0. The van der Waals surface area contributed by atoms with Gasteiger partial charge in [0.25, 0.3) is 0 Å². The third-order valence-electron chi connectivity index (χ3n) is 4.37. The van der Waals surface area contributed by atoms with Crippen molar-refractivity contribution in [1.82, 2.24) is 5.32 Å². The minimum absolute atomic E-state index is 0.0752. The Bertz CT molecular complexity index is 563. The Kier molecular flexibility index (Phi) is 3.45. The molecule has 0 aromatic heterocycles. The summed E-state index contributed by atoms with van der Waals surface area (Å²) in [4.78, 5) is 25.5. The second-order valence-electron chi connectivity index (χ2n) is 6.09. The molecule has 1 aliphatic carbocycles. The highest BCUT2D eigenvalue weighted by Gasteiger charge is 2.46. The molecule has 21 heavy (non-hydrogen) atoms. The number of nitrogens with two attached hydrogens (primary N) is 1. The Morgan fingerprint density at radius 3 is 2.52 bits per heavy atom. The number of carbonyl (C=O) groups is 2. The molecule has 2 aliphatic rings. The highest BCUT2D eigenvalue weighted by molar-refractivity contribution is 5.95. The Morgan fingerprint density at radius 2 is 2.00 bits per heavy atom. The van der Waals surface area contributed by atoms with E-state index in [1.54, 1.807) is 0 Å². The molecule has 1 aliphatic heterocycles. The average molecular weight is 287 g/mol. The molecular weight excluding hydrogens is 266 g/mol. The van der Waals surface area contributed by atoms with E-state index >= 15 is 0 Å². The van der Waals surface area contributed by atoms with Crippen molar-refractivity contribution in [1.29, 1.82) is 0 Å². The minimum Gasteiger partial charge on any atom is -0.348 e. The summed E-state index contributed by atoms with van der Waals surface area (Å²) < 4.78 is 0. The van der Waals surface area contributed by atoms with Gasteiger partial charge in [0.15, 0.2) is 0 Å². The van der Waals surface area contributed by atoms with E-state index in [0.717, 1.165) is 37.1 Å². The molecular formula is C16H21N3O2. The first-order chi connectivity index (χ1) is 9.99. The van der Waals surface area contributed by atoms with Crippen molar-refractivity contribution in [3.63, 3.8) is 0 Å². The summed E-state index contributed by atoms with van der Waals surface area (Å²) in [7, 11) is 0. The molecule has 1 aromatic carbocycles. The molecule has 3 rings (SSSR count). The van der Waals surface area contributed by atoms with Crippen LogP contribution in [0.15, 0.2) is 24.3 Å². The maximum absolute atomic E-state index is 11.9. The van der Waals surface area contributed by atoms with Crippen LogP contribution in [0.25, 0.3) is 0 Å². The van der Waals surface area contributed by atoms with Gasteiger partial charge in [-0.1, -0.05) is 12.1 Å². The second-order valence-corrected chi connectivity index (χ2v) is 6.09. The van der Waals surface area contributed by atoms with Crippen molar-refractivity contribution < 1.29 is 9.59 Å². The number of hydrogen-bond donors (Lipinski definition) is 2. The first-order valence-electron chi connectivity index (χ1n) is 7.50. The zero-order valence-corrected chi connectivity index (χ0v) is 12.3. The van der Waals surface area contributed by atoms with Crippen LogP contribution in [0.3, 0.4) is 0 Å². The topological polar surface area (TPSA) is 75.4 Å². The predicted octanol–water partition coefficient (Wildman–Crippen LogP) is 1.48. The number of nitrogens with zero attached hydrogens (tertiary/aromatic N) is 1. The number of nitrogens with one attached hydrogen (secondary N) is 1. The van der Waals surface area contributed by atoms with Crippen molar-refractivity contribution >= 4 is 17.5 Å². The van der Waals surface area contributed by atoms with Gasteiger partial charge in [-0.2, -0.15) is 0 Å². The molecule has 1 saturated carbocycles. The van der Waals surface area contributed by atoms with Gasteiger partial charge in [-0.3, -0.25) is 9.59 Å². The van der Waals surface area contributed by atoms with Crippen LogP contribution in [-0.4, -0.2) is 23.9 Å². The molecule has 3 N–H and O–H groups in total. The van der Waals surface area contributed by atoms with E-state index < -0.39 is 5.54 Å². The molecule has 1 atom stereocenters. The maximum atomic E-state index is 11.9. The monoisotopic (exact) mass is 287 g/mol. The fourth-order valence-electron chi connectivity index (χ4n) is 2.65. The zero-order chi connectivity index (χ0) is 15.0.